The van der Waals surface area contributed by atoms with Gasteiger partial charge in [-0.2, -0.15) is 24.9 Å². The molecular weight excluding hydrogens is 473 g/mol. The van der Waals surface area contributed by atoms with Crippen LogP contribution >= 0.6 is 23.1 Å². The van der Waals surface area contributed by atoms with E-state index in [-0.39, 0.29) is 22.6 Å². The Kier molecular flexibility index (Phi) is 7.21. The number of rotatable bonds is 9. The maximum atomic E-state index is 12.6. The lowest BCUT2D eigenvalue weighted by atomic mass is 10.1. The lowest BCUT2D eigenvalue weighted by molar-refractivity contribution is -0.208. The zero-order valence-electron chi connectivity index (χ0n) is 16.0. The molecule has 2 aromatic rings. The minimum atomic E-state index is -5.18. The summed E-state index contributed by atoms with van der Waals surface area (Å²) in [5.74, 6) is -5.51. The van der Waals surface area contributed by atoms with Crippen molar-refractivity contribution in [2.45, 2.75) is 18.3 Å². The van der Waals surface area contributed by atoms with Gasteiger partial charge in [-0.3, -0.25) is 14.5 Å². The van der Waals surface area contributed by atoms with Gasteiger partial charge in [0.05, 0.1) is 17.2 Å². The van der Waals surface area contributed by atoms with Gasteiger partial charge in [0, 0.05) is 16.4 Å². The smallest absolute Gasteiger partial charge is 0.480 e. The fourth-order valence-electron chi connectivity index (χ4n) is 2.89. The number of amides is 2. The number of aliphatic carboxylic acids is 1. The van der Waals surface area contributed by atoms with Gasteiger partial charge in [0.25, 0.3) is 11.8 Å². The Labute approximate surface area is 187 Å². The molecule has 0 unspecified atom stereocenters. The quantitative estimate of drug-likeness (QED) is 0.409. The number of carboxylic acids is 1. The number of carbonyl (C=O) groups is 4. The molecule has 0 saturated heterocycles. The standard InChI is InChI=1S/C19H15F3N2O6S2/c20-19(21,22)18(29)30-23-12(14-6-3-7-32-14)8-31-9-13(17(27)28)24-15(25)10-4-1-2-5-11(10)16(24)26/h1-7,12-13,23H,8-9H2,(H,27,28)/t12-,13-/m0/s1. The van der Waals surface area contributed by atoms with Crippen molar-refractivity contribution in [3.63, 3.8) is 0 Å². The number of thiophene rings is 1. The van der Waals surface area contributed by atoms with E-state index in [1.165, 1.54) is 23.5 Å². The van der Waals surface area contributed by atoms with Crippen molar-refractivity contribution in [3.05, 3.63) is 57.8 Å². The Morgan fingerprint density at radius 2 is 1.72 bits per heavy atom. The van der Waals surface area contributed by atoms with Gasteiger partial charge < -0.3 is 9.94 Å². The Morgan fingerprint density at radius 1 is 1.09 bits per heavy atom. The molecule has 2 heterocycles. The number of thioether (sulfide) groups is 1. The number of hydroxylamine groups is 1. The van der Waals surface area contributed by atoms with Crippen LogP contribution in [-0.4, -0.2) is 57.5 Å². The molecule has 0 aliphatic carbocycles. The van der Waals surface area contributed by atoms with Gasteiger partial charge in [0.1, 0.15) is 6.04 Å². The summed E-state index contributed by atoms with van der Waals surface area (Å²) in [6.45, 7) is 0. The van der Waals surface area contributed by atoms with Crippen LogP contribution in [0.4, 0.5) is 13.2 Å². The third-order valence-corrected chi connectivity index (χ3v) is 6.50. The molecule has 13 heteroatoms. The fourth-order valence-corrected chi connectivity index (χ4v) is 4.90. The van der Waals surface area contributed by atoms with Crippen molar-refractivity contribution >= 4 is 46.9 Å². The summed E-state index contributed by atoms with van der Waals surface area (Å²) in [7, 11) is 0. The molecular formula is C19H15F3N2O6S2. The topological polar surface area (TPSA) is 113 Å². The Balaban J connectivity index is 1.67. The third-order valence-electron chi connectivity index (χ3n) is 4.39. The minimum absolute atomic E-state index is 0.00139. The van der Waals surface area contributed by atoms with Gasteiger partial charge in [0.2, 0.25) is 0 Å². The van der Waals surface area contributed by atoms with Crippen molar-refractivity contribution < 1.29 is 42.3 Å². The molecule has 32 heavy (non-hydrogen) atoms. The Morgan fingerprint density at radius 3 is 2.22 bits per heavy atom. The van der Waals surface area contributed by atoms with Crippen LogP contribution in [0.3, 0.4) is 0 Å². The normalized spacial score (nSPS) is 15.4. The van der Waals surface area contributed by atoms with Crippen LogP contribution in [0.2, 0.25) is 0 Å². The molecule has 1 aromatic heterocycles. The fraction of sp³-hybridized carbons (Fsp3) is 0.263. The average Bonchev–Trinajstić information content (AvgIpc) is 3.35. The molecule has 0 bridgehead atoms. The summed E-state index contributed by atoms with van der Waals surface area (Å²) >= 11 is 2.16. The first-order valence-corrected chi connectivity index (χ1v) is 11.0. The second kappa shape index (κ2) is 9.71. The number of fused-ring (bicyclic) bond motifs is 1. The van der Waals surface area contributed by atoms with Crippen LogP contribution in [0.5, 0.6) is 0 Å². The van der Waals surface area contributed by atoms with E-state index >= 15 is 0 Å². The van der Waals surface area contributed by atoms with Gasteiger partial charge in [-0.15, -0.1) is 16.8 Å². The van der Waals surface area contributed by atoms with E-state index in [9.17, 15) is 37.5 Å². The molecule has 1 aliphatic rings. The number of halogens is 3. The average molecular weight is 488 g/mol. The Hall–Kier alpha value is -2.90. The van der Waals surface area contributed by atoms with Gasteiger partial charge in [-0.05, 0) is 23.6 Å². The summed E-state index contributed by atoms with van der Waals surface area (Å²) < 4.78 is 37.2. The van der Waals surface area contributed by atoms with Crippen molar-refractivity contribution in [2.24, 2.45) is 0 Å². The predicted molar refractivity (Wildman–Crippen MR) is 108 cm³/mol. The zero-order valence-corrected chi connectivity index (χ0v) is 17.6. The Bertz CT molecular complexity index is 993. The highest BCUT2D eigenvalue weighted by atomic mass is 32.2. The molecule has 2 atom stereocenters. The number of nitrogens with zero attached hydrogens (tertiary/aromatic N) is 1. The molecule has 2 amide bonds. The summed E-state index contributed by atoms with van der Waals surface area (Å²) in [5, 5.41) is 11.3. The molecule has 170 valence electrons. The highest BCUT2D eigenvalue weighted by Crippen LogP contribution is 2.28. The molecule has 8 nitrogen and oxygen atoms in total. The number of imide groups is 1. The first-order valence-electron chi connectivity index (χ1n) is 8.95. The minimum Gasteiger partial charge on any atom is -0.480 e. The van der Waals surface area contributed by atoms with Crippen molar-refractivity contribution in [3.8, 4) is 0 Å². The van der Waals surface area contributed by atoms with E-state index in [4.69, 9.17) is 0 Å². The molecule has 0 saturated carbocycles. The first-order chi connectivity index (χ1) is 15.1. The van der Waals surface area contributed by atoms with Crippen molar-refractivity contribution in [1.82, 2.24) is 10.4 Å². The lowest BCUT2D eigenvalue weighted by Gasteiger charge is -2.23. The lowest BCUT2D eigenvalue weighted by Crippen LogP contribution is -2.46. The number of carboxylic acid groups (broad SMARTS) is 1. The van der Waals surface area contributed by atoms with E-state index in [1.807, 2.05) is 0 Å². The summed E-state index contributed by atoms with van der Waals surface area (Å²) in [5.41, 5.74) is 2.26. The van der Waals surface area contributed by atoms with Gasteiger partial charge >= 0.3 is 18.1 Å². The molecule has 2 N–H and O–H groups in total. The maximum Gasteiger partial charge on any atom is 0.492 e. The van der Waals surface area contributed by atoms with Gasteiger partial charge in [-0.1, -0.05) is 18.2 Å². The van der Waals surface area contributed by atoms with Crippen LogP contribution in [0.25, 0.3) is 0 Å². The van der Waals surface area contributed by atoms with Crippen molar-refractivity contribution in [1.29, 1.82) is 0 Å². The van der Waals surface area contributed by atoms with Gasteiger partial charge in [-0.25, -0.2) is 9.59 Å². The molecule has 0 fully saturated rings. The highest BCUT2D eigenvalue weighted by molar-refractivity contribution is 7.99. The molecule has 3 rings (SSSR count). The number of hydrogen-bond acceptors (Lipinski definition) is 8. The third kappa shape index (κ3) is 5.11. The summed E-state index contributed by atoms with van der Waals surface area (Å²) in [4.78, 5) is 53.2. The monoisotopic (exact) mass is 488 g/mol. The summed E-state index contributed by atoms with van der Waals surface area (Å²) in [6, 6.07) is 6.83. The SMILES string of the molecule is O=C(O)[C@H](CSC[C@H](NOC(=O)C(F)(F)F)c1cccs1)N1C(=O)c2ccccc2C1=O. The maximum absolute atomic E-state index is 12.6. The number of hydrogen-bond donors (Lipinski definition) is 2. The number of nitrogens with one attached hydrogen (secondary N) is 1. The molecule has 1 aliphatic heterocycles. The number of alkyl halides is 3. The zero-order chi connectivity index (χ0) is 23.5. The van der Waals surface area contributed by atoms with Crippen LogP contribution < -0.4 is 5.48 Å². The highest BCUT2D eigenvalue weighted by Gasteiger charge is 2.43. The van der Waals surface area contributed by atoms with E-state index in [2.05, 4.69) is 10.3 Å². The van der Waals surface area contributed by atoms with Crippen LogP contribution in [0.1, 0.15) is 31.6 Å². The molecule has 0 spiro atoms. The number of benzene rings is 1. The summed E-state index contributed by atoms with van der Waals surface area (Å²) in [6.07, 6.45) is -5.18. The molecule has 0 radical (unpaired) electrons. The largest absolute Gasteiger partial charge is 0.492 e. The first kappa shape index (κ1) is 23.8. The van der Waals surface area contributed by atoms with Gasteiger partial charge in [0.15, 0.2) is 0 Å². The van der Waals surface area contributed by atoms with E-state index in [1.54, 1.807) is 29.6 Å². The molecule has 1 aromatic carbocycles. The van der Waals surface area contributed by atoms with E-state index in [0.29, 0.717) is 9.78 Å². The van der Waals surface area contributed by atoms with Crippen LogP contribution in [0, 0.1) is 0 Å². The van der Waals surface area contributed by atoms with Crippen LogP contribution in [0.15, 0.2) is 41.8 Å². The van der Waals surface area contributed by atoms with Crippen LogP contribution in [-0.2, 0) is 14.4 Å². The number of carbonyl (C=O) groups excluding carboxylic acids is 3. The van der Waals surface area contributed by atoms with Crippen molar-refractivity contribution in [2.75, 3.05) is 11.5 Å². The second-order valence-electron chi connectivity index (χ2n) is 6.49. The second-order valence-corrected chi connectivity index (χ2v) is 8.54. The predicted octanol–water partition coefficient (Wildman–Crippen LogP) is 2.88. The van der Waals surface area contributed by atoms with E-state index in [0.717, 1.165) is 11.8 Å². The van der Waals surface area contributed by atoms with E-state index < -0.39 is 42.0 Å².